The normalized spacial score (nSPS) is 21.2. The molecule has 8 nitrogen and oxygen atoms in total. The van der Waals surface area contributed by atoms with E-state index >= 15 is 0 Å². The van der Waals surface area contributed by atoms with E-state index in [9.17, 15) is 18.5 Å². The number of non-ortho nitro benzene ring substituents is 1. The predicted molar refractivity (Wildman–Crippen MR) is 113 cm³/mol. The van der Waals surface area contributed by atoms with Gasteiger partial charge < -0.3 is 14.4 Å². The van der Waals surface area contributed by atoms with Gasteiger partial charge in [-0.2, -0.15) is 0 Å². The molecule has 9 heteroatoms. The molecule has 0 saturated heterocycles. The van der Waals surface area contributed by atoms with Crippen molar-refractivity contribution in [2.45, 2.75) is 29.9 Å². The van der Waals surface area contributed by atoms with Crippen LogP contribution in [-0.2, 0) is 15.3 Å². The largest absolute Gasteiger partial charge is 0.493 e. The molecule has 4 rings (SSSR count). The van der Waals surface area contributed by atoms with Crippen molar-refractivity contribution in [2.24, 2.45) is 0 Å². The fourth-order valence-electron chi connectivity index (χ4n) is 4.34. The second-order valence-corrected chi connectivity index (χ2v) is 10.1. The zero-order valence-electron chi connectivity index (χ0n) is 17.3. The van der Waals surface area contributed by atoms with Gasteiger partial charge in [0.15, 0.2) is 21.3 Å². The molecule has 0 amide bonds. The Bertz CT molecular complexity index is 1220. The molecule has 0 bridgehead atoms. The SMILES string of the molecule is COc1cc([N+](=O)[O-])cc2c1OC1(C=C2)N(C)c2ccc(S(C)(=O)=O)cc2C1(C)C. The van der Waals surface area contributed by atoms with Gasteiger partial charge in [-0.25, -0.2) is 8.42 Å². The van der Waals surface area contributed by atoms with Crippen LogP contribution < -0.4 is 14.4 Å². The molecular formula is C21H22N2O6S. The molecule has 0 aromatic heterocycles. The lowest BCUT2D eigenvalue weighted by atomic mass is 9.76. The molecule has 1 atom stereocenters. The number of fused-ring (bicyclic) bond motifs is 2. The molecule has 1 spiro atoms. The Hall–Kier alpha value is -3.07. The highest BCUT2D eigenvalue weighted by atomic mass is 32.2. The number of ether oxygens (including phenoxy) is 2. The van der Waals surface area contributed by atoms with Crippen LogP contribution >= 0.6 is 0 Å². The molecule has 0 aliphatic carbocycles. The zero-order valence-corrected chi connectivity index (χ0v) is 18.1. The van der Waals surface area contributed by atoms with Crippen molar-refractivity contribution in [2.75, 3.05) is 25.3 Å². The molecule has 1 unspecified atom stereocenters. The summed E-state index contributed by atoms with van der Waals surface area (Å²) in [5.41, 5.74) is 0.530. The summed E-state index contributed by atoms with van der Waals surface area (Å²) in [7, 11) is -0.0570. The number of benzene rings is 2. The quantitative estimate of drug-likeness (QED) is 0.542. The first-order valence-corrected chi connectivity index (χ1v) is 11.1. The summed E-state index contributed by atoms with van der Waals surface area (Å²) in [5, 5.41) is 11.2. The number of nitro groups is 1. The second-order valence-electron chi connectivity index (χ2n) is 8.09. The first-order chi connectivity index (χ1) is 13.9. The Morgan fingerprint density at radius 3 is 2.50 bits per heavy atom. The number of anilines is 1. The highest BCUT2D eigenvalue weighted by Crippen LogP contribution is 2.56. The van der Waals surface area contributed by atoms with Crippen LogP contribution in [0, 0.1) is 10.1 Å². The molecule has 0 saturated carbocycles. The maximum atomic E-state index is 12.1. The third-order valence-electron chi connectivity index (χ3n) is 6.07. The fourth-order valence-corrected chi connectivity index (χ4v) is 4.98. The van der Waals surface area contributed by atoms with Gasteiger partial charge >= 0.3 is 0 Å². The molecule has 2 aliphatic heterocycles. The van der Waals surface area contributed by atoms with E-state index in [2.05, 4.69) is 0 Å². The summed E-state index contributed by atoms with van der Waals surface area (Å²) >= 11 is 0. The lowest BCUT2D eigenvalue weighted by Crippen LogP contribution is -2.58. The zero-order chi connectivity index (χ0) is 22.1. The lowest BCUT2D eigenvalue weighted by molar-refractivity contribution is -0.385. The van der Waals surface area contributed by atoms with Crippen molar-refractivity contribution in [1.29, 1.82) is 0 Å². The molecule has 2 heterocycles. The van der Waals surface area contributed by atoms with Gasteiger partial charge in [0.05, 0.1) is 28.4 Å². The average molecular weight is 430 g/mol. The van der Waals surface area contributed by atoms with E-state index in [-0.39, 0.29) is 16.3 Å². The van der Waals surface area contributed by atoms with Crippen molar-refractivity contribution in [3.63, 3.8) is 0 Å². The molecule has 30 heavy (non-hydrogen) atoms. The van der Waals surface area contributed by atoms with Gasteiger partial charge in [-0.1, -0.05) is 0 Å². The standard InChI is InChI=1S/C21H22N2O6S/c1-20(2)16-12-15(30(5,26)27)6-7-17(16)22(3)21(20)9-8-13-10-14(23(24)25)11-18(28-4)19(13)29-21/h6-12H,1-5H3. The number of methoxy groups -OCH3 is 1. The number of nitro benzene ring substituents is 1. The minimum atomic E-state index is -3.37. The third-order valence-corrected chi connectivity index (χ3v) is 7.18. The van der Waals surface area contributed by atoms with Crippen molar-refractivity contribution in [1.82, 2.24) is 0 Å². The van der Waals surface area contributed by atoms with Gasteiger partial charge in [0.1, 0.15) is 0 Å². The van der Waals surface area contributed by atoms with E-state index < -0.39 is 25.9 Å². The smallest absolute Gasteiger partial charge is 0.274 e. The predicted octanol–water partition coefficient (Wildman–Crippen LogP) is 3.54. The van der Waals surface area contributed by atoms with E-state index in [1.54, 1.807) is 24.3 Å². The van der Waals surface area contributed by atoms with Crippen molar-refractivity contribution in [3.05, 3.63) is 57.6 Å². The van der Waals surface area contributed by atoms with Gasteiger partial charge in [0.25, 0.3) is 5.69 Å². The third kappa shape index (κ3) is 2.61. The van der Waals surface area contributed by atoms with Crippen LogP contribution in [0.1, 0.15) is 25.0 Å². The van der Waals surface area contributed by atoms with E-state index in [0.717, 1.165) is 11.3 Å². The van der Waals surface area contributed by atoms with Crippen LogP contribution in [0.3, 0.4) is 0 Å². The summed E-state index contributed by atoms with van der Waals surface area (Å²) in [6, 6.07) is 7.84. The maximum Gasteiger partial charge on any atom is 0.274 e. The number of sulfone groups is 1. The summed E-state index contributed by atoms with van der Waals surface area (Å²) in [6.45, 7) is 3.96. The van der Waals surface area contributed by atoms with E-state index in [0.29, 0.717) is 11.3 Å². The van der Waals surface area contributed by atoms with Crippen LogP contribution in [0.4, 0.5) is 11.4 Å². The lowest BCUT2D eigenvalue weighted by Gasteiger charge is -2.45. The second kappa shape index (κ2) is 6.21. The Labute approximate surface area is 174 Å². The highest BCUT2D eigenvalue weighted by molar-refractivity contribution is 7.90. The molecule has 158 valence electrons. The summed E-state index contributed by atoms with van der Waals surface area (Å²) < 4.78 is 36.1. The van der Waals surface area contributed by atoms with Crippen LogP contribution in [0.25, 0.3) is 6.08 Å². The Kier molecular flexibility index (Phi) is 4.19. The van der Waals surface area contributed by atoms with Crippen LogP contribution in [0.2, 0.25) is 0 Å². The van der Waals surface area contributed by atoms with Gasteiger partial charge in [-0.05, 0) is 49.8 Å². The Morgan fingerprint density at radius 2 is 1.90 bits per heavy atom. The molecular weight excluding hydrogens is 408 g/mol. The Morgan fingerprint density at radius 1 is 1.20 bits per heavy atom. The van der Waals surface area contributed by atoms with E-state index in [4.69, 9.17) is 9.47 Å². The number of rotatable bonds is 3. The van der Waals surface area contributed by atoms with Crippen LogP contribution in [0.15, 0.2) is 41.3 Å². The monoisotopic (exact) mass is 430 g/mol. The van der Waals surface area contributed by atoms with Gasteiger partial charge in [0.2, 0.25) is 5.72 Å². The first-order valence-electron chi connectivity index (χ1n) is 9.25. The molecule has 2 aromatic carbocycles. The molecule has 2 aliphatic rings. The first kappa shape index (κ1) is 20.2. The van der Waals surface area contributed by atoms with Gasteiger partial charge in [0, 0.05) is 30.6 Å². The minimum absolute atomic E-state index is 0.0880. The highest BCUT2D eigenvalue weighted by Gasteiger charge is 2.58. The van der Waals surface area contributed by atoms with Crippen molar-refractivity contribution in [3.8, 4) is 11.5 Å². The number of likely N-dealkylation sites (N-methyl/N-ethyl adjacent to an activating group) is 1. The minimum Gasteiger partial charge on any atom is -0.493 e. The van der Waals surface area contributed by atoms with Crippen molar-refractivity contribution >= 4 is 27.3 Å². The average Bonchev–Trinajstić information content (AvgIpc) is 2.84. The van der Waals surface area contributed by atoms with Gasteiger partial charge in [-0.3, -0.25) is 10.1 Å². The topological polar surface area (TPSA) is 99.0 Å². The van der Waals surface area contributed by atoms with Crippen molar-refractivity contribution < 1.29 is 22.8 Å². The Balaban J connectivity index is 1.89. The van der Waals surface area contributed by atoms with E-state index in [1.165, 1.54) is 25.5 Å². The summed E-state index contributed by atoms with van der Waals surface area (Å²) in [6.07, 6.45) is 4.83. The molecule has 0 fully saturated rings. The molecule has 2 aromatic rings. The maximum absolute atomic E-state index is 12.1. The van der Waals surface area contributed by atoms with Crippen LogP contribution in [-0.4, -0.2) is 39.5 Å². The molecule has 0 radical (unpaired) electrons. The molecule has 0 N–H and O–H groups in total. The summed E-state index contributed by atoms with van der Waals surface area (Å²) in [4.78, 5) is 13.0. The number of hydrogen-bond donors (Lipinski definition) is 0. The summed E-state index contributed by atoms with van der Waals surface area (Å²) in [5.74, 6) is 0.668. The van der Waals surface area contributed by atoms with Gasteiger partial charge in [-0.15, -0.1) is 0 Å². The van der Waals surface area contributed by atoms with E-state index in [1.807, 2.05) is 31.9 Å². The van der Waals surface area contributed by atoms with Crippen LogP contribution in [0.5, 0.6) is 11.5 Å². The fraction of sp³-hybridized carbons (Fsp3) is 0.333. The number of hydrogen-bond acceptors (Lipinski definition) is 7. The number of nitrogens with zero attached hydrogens (tertiary/aromatic N) is 2.